The van der Waals surface area contributed by atoms with Crippen molar-refractivity contribution in [2.45, 2.75) is 44.7 Å². The van der Waals surface area contributed by atoms with Crippen LogP contribution in [0.2, 0.25) is 0 Å². The standard InChI is InChI=1S/C15H25N3/c1-3-13-4-7-15(10-13,12-16)18(2)11-14-5-8-17-9-6-14/h5-6,8-9,13H,3-4,7,10-12,16H2,1-2H3. The minimum atomic E-state index is 0.212. The lowest BCUT2D eigenvalue weighted by atomic mass is 9.93. The van der Waals surface area contributed by atoms with Gasteiger partial charge in [0, 0.05) is 31.0 Å². The third-order valence-corrected chi connectivity index (χ3v) is 4.62. The number of hydrogen-bond acceptors (Lipinski definition) is 3. The summed E-state index contributed by atoms with van der Waals surface area (Å²) in [6.45, 7) is 4.03. The largest absolute Gasteiger partial charge is 0.329 e. The molecule has 3 heteroatoms. The van der Waals surface area contributed by atoms with Crippen molar-refractivity contribution in [3.8, 4) is 0 Å². The van der Waals surface area contributed by atoms with Crippen LogP contribution in [0.1, 0.15) is 38.2 Å². The summed E-state index contributed by atoms with van der Waals surface area (Å²) < 4.78 is 0. The van der Waals surface area contributed by atoms with Crippen molar-refractivity contribution in [2.75, 3.05) is 13.6 Å². The molecule has 0 bridgehead atoms. The number of aromatic nitrogens is 1. The van der Waals surface area contributed by atoms with Gasteiger partial charge in [-0.1, -0.05) is 13.3 Å². The molecule has 18 heavy (non-hydrogen) atoms. The maximum Gasteiger partial charge on any atom is 0.0334 e. The van der Waals surface area contributed by atoms with Gasteiger partial charge in [-0.05, 0) is 49.9 Å². The molecule has 1 aliphatic carbocycles. The number of nitrogens with two attached hydrogens (primary N) is 1. The first kappa shape index (κ1) is 13.5. The summed E-state index contributed by atoms with van der Waals surface area (Å²) in [4.78, 5) is 6.53. The van der Waals surface area contributed by atoms with Crippen molar-refractivity contribution >= 4 is 0 Å². The molecule has 0 saturated heterocycles. The molecule has 0 spiro atoms. The molecular formula is C15H25N3. The van der Waals surface area contributed by atoms with Gasteiger partial charge in [0.15, 0.2) is 0 Å². The maximum absolute atomic E-state index is 6.09. The number of hydrogen-bond donors (Lipinski definition) is 1. The predicted molar refractivity (Wildman–Crippen MR) is 75.1 cm³/mol. The lowest BCUT2D eigenvalue weighted by molar-refractivity contribution is 0.119. The van der Waals surface area contributed by atoms with Gasteiger partial charge >= 0.3 is 0 Å². The summed E-state index contributed by atoms with van der Waals surface area (Å²) in [7, 11) is 2.21. The van der Waals surface area contributed by atoms with Gasteiger partial charge in [-0.25, -0.2) is 0 Å². The van der Waals surface area contributed by atoms with Crippen LogP contribution in [0.25, 0.3) is 0 Å². The third-order valence-electron chi connectivity index (χ3n) is 4.62. The second kappa shape index (κ2) is 5.81. The monoisotopic (exact) mass is 247 g/mol. The quantitative estimate of drug-likeness (QED) is 0.869. The summed E-state index contributed by atoms with van der Waals surface area (Å²) in [6, 6.07) is 4.18. The summed E-state index contributed by atoms with van der Waals surface area (Å²) in [5, 5.41) is 0. The highest BCUT2D eigenvalue weighted by Gasteiger charge is 2.40. The Hall–Kier alpha value is -0.930. The Morgan fingerprint density at radius 3 is 2.72 bits per heavy atom. The summed E-state index contributed by atoms with van der Waals surface area (Å²) >= 11 is 0. The Balaban J connectivity index is 2.04. The van der Waals surface area contributed by atoms with E-state index in [9.17, 15) is 0 Å². The van der Waals surface area contributed by atoms with E-state index in [1.165, 1.54) is 31.2 Å². The fourth-order valence-electron chi connectivity index (χ4n) is 3.18. The van der Waals surface area contributed by atoms with E-state index in [0.29, 0.717) is 0 Å². The number of pyridine rings is 1. The number of likely N-dealkylation sites (N-methyl/N-ethyl adjacent to an activating group) is 1. The zero-order valence-electron chi connectivity index (χ0n) is 11.6. The van der Waals surface area contributed by atoms with E-state index in [1.54, 1.807) is 0 Å². The van der Waals surface area contributed by atoms with Gasteiger partial charge in [0.25, 0.3) is 0 Å². The molecule has 100 valence electrons. The fraction of sp³-hybridized carbons (Fsp3) is 0.667. The van der Waals surface area contributed by atoms with Crippen molar-refractivity contribution in [1.29, 1.82) is 0 Å². The van der Waals surface area contributed by atoms with Crippen LogP contribution in [-0.2, 0) is 6.54 Å². The van der Waals surface area contributed by atoms with Crippen molar-refractivity contribution in [3.63, 3.8) is 0 Å². The first-order valence-electron chi connectivity index (χ1n) is 7.00. The fourth-order valence-corrected chi connectivity index (χ4v) is 3.18. The molecule has 1 heterocycles. The van der Waals surface area contributed by atoms with Crippen molar-refractivity contribution < 1.29 is 0 Å². The van der Waals surface area contributed by atoms with Crippen LogP contribution in [0.3, 0.4) is 0 Å². The van der Waals surface area contributed by atoms with Gasteiger partial charge < -0.3 is 5.73 Å². The van der Waals surface area contributed by atoms with E-state index >= 15 is 0 Å². The highest BCUT2D eigenvalue weighted by atomic mass is 15.2. The number of rotatable bonds is 5. The topological polar surface area (TPSA) is 42.1 Å². The van der Waals surface area contributed by atoms with Crippen LogP contribution in [0.5, 0.6) is 0 Å². The molecule has 2 atom stereocenters. The molecule has 1 saturated carbocycles. The average molecular weight is 247 g/mol. The van der Waals surface area contributed by atoms with Crippen LogP contribution in [0.4, 0.5) is 0 Å². The Kier molecular flexibility index (Phi) is 4.36. The van der Waals surface area contributed by atoms with E-state index in [1.807, 2.05) is 12.4 Å². The van der Waals surface area contributed by atoms with Crippen LogP contribution >= 0.6 is 0 Å². The lowest BCUT2D eigenvalue weighted by Crippen LogP contribution is -2.49. The van der Waals surface area contributed by atoms with E-state index < -0.39 is 0 Å². The zero-order chi connectivity index (χ0) is 13.0. The molecule has 0 aromatic carbocycles. The van der Waals surface area contributed by atoms with Gasteiger partial charge in [-0.3, -0.25) is 9.88 Å². The molecule has 0 radical (unpaired) electrons. The molecule has 2 unspecified atom stereocenters. The van der Waals surface area contributed by atoms with Crippen LogP contribution < -0.4 is 5.73 Å². The summed E-state index contributed by atoms with van der Waals surface area (Å²) in [5.74, 6) is 0.855. The third kappa shape index (κ3) is 2.73. The van der Waals surface area contributed by atoms with Crippen molar-refractivity contribution in [3.05, 3.63) is 30.1 Å². The Morgan fingerprint density at radius 2 is 2.17 bits per heavy atom. The Bertz CT molecular complexity index is 365. The maximum atomic E-state index is 6.09. The van der Waals surface area contributed by atoms with Gasteiger partial charge in [0.2, 0.25) is 0 Å². The van der Waals surface area contributed by atoms with E-state index in [2.05, 4.69) is 36.0 Å². The molecule has 1 fully saturated rings. The second-order valence-electron chi connectivity index (χ2n) is 5.66. The molecule has 0 amide bonds. The second-order valence-corrected chi connectivity index (χ2v) is 5.66. The molecule has 1 aromatic rings. The highest BCUT2D eigenvalue weighted by Crippen LogP contribution is 2.39. The molecule has 1 aliphatic rings. The normalized spacial score (nSPS) is 27.9. The first-order chi connectivity index (χ1) is 8.70. The lowest BCUT2D eigenvalue weighted by Gasteiger charge is -2.38. The van der Waals surface area contributed by atoms with E-state index in [0.717, 1.165) is 19.0 Å². The molecule has 3 nitrogen and oxygen atoms in total. The minimum Gasteiger partial charge on any atom is -0.329 e. The zero-order valence-corrected chi connectivity index (χ0v) is 11.6. The molecule has 2 rings (SSSR count). The smallest absolute Gasteiger partial charge is 0.0334 e. The van der Waals surface area contributed by atoms with E-state index in [-0.39, 0.29) is 5.54 Å². The van der Waals surface area contributed by atoms with Crippen LogP contribution in [0, 0.1) is 5.92 Å². The Morgan fingerprint density at radius 1 is 1.44 bits per heavy atom. The molecular weight excluding hydrogens is 222 g/mol. The van der Waals surface area contributed by atoms with Gasteiger partial charge in [-0.2, -0.15) is 0 Å². The van der Waals surface area contributed by atoms with E-state index in [4.69, 9.17) is 5.73 Å². The molecule has 1 aromatic heterocycles. The van der Waals surface area contributed by atoms with Gasteiger partial charge in [-0.15, -0.1) is 0 Å². The molecule has 2 N–H and O–H groups in total. The first-order valence-corrected chi connectivity index (χ1v) is 7.00. The SMILES string of the molecule is CCC1CCC(CN)(N(C)Cc2ccncc2)C1. The van der Waals surface area contributed by atoms with Gasteiger partial charge in [0.1, 0.15) is 0 Å². The Labute approximate surface area is 110 Å². The van der Waals surface area contributed by atoms with Gasteiger partial charge in [0.05, 0.1) is 0 Å². The summed E-state index contributed by atoms with van der Waals surface area (Å²) in [5.41, 5.74) is 7.62. The highest BCUT2D eigenvalue weighted by molar-refractivity contribution is 5.11. The van der Waals surface area contributed by atoms with Crippen LogP contribution in [0.15, 0.2) is 24.5 Å². The average Bonchev–Trinajstić information content (AvgIpc) is 2.85. The summed E-state index contributed by atoms with van der Waals surface area (Å²) in [6.07, 6.45) is 8.83. The van der Waals surface area contributed by atoms with Crippen LogP contribution in [-0.4, -0.2) is 29.0 Å². The predicted octanol–water partition coefficient (Wildman–Crippen LogP) is 2.42. The van der Waals surface area contributed by atoms with Crippen molar-refractivity contribution in [2.24, 2.45) is 11.7 Å². The number of nitrogens with zero attached hydrogens (tertiary/aromatic N) is 2. The van der Waals surface area contributed by atoms with Crippen molar-refractivity contribution in [1.82, 2.24) is 9.88 Å². The molecule has 0 aliphatic heterocycles. The minimum absolute atomic E-state index is 0.212.